The second-order valence-electron chi connectivity index (χ2n) is 5.43. The fourth-order valence-corrected chi connectivity index (χ4v) is 2.11. The summed E-state index contributed by atoms with van der Waals surface area (Å²) in [5.41, 5.74) is 0.466. The molecule has 2 heterocycles. The van der Waals surface area contributed by atoms with Gasteiger partial charge in [0.2, 0.25) is 5.56 Å². The Kier molecular flexibility index (Phi) is 4.98. The lowest BCUT2D eigenvalue weighted by atomic mass is 10.2. The van der Waals surface area contributed by atoms with Crippen LogP contribution in [0.4, 0.5) is 10.5 Å². The van der Waals surface area contributed by atoms with Crippen LogP contribution in [0.15, 0.2) is 35.5 Å². The number of aryl methyl sites for hydroxylation is 2. The van der Waals surface area contributed by atoms with Crippen LogP contribution < -0.4 is 16.2 Å². The van der Waals surface area contributed by atoms with Gasteiger partial charge in [0.15, 0.2) is 0 Å². The van der Waals surface area contributed by atoms with Crippen LogP contribution in [0, 0.1) is 12.8 Å². The van der Waals surface area contributed by atoms with E-state index < -0.39 is 0 Å². The Labute approximate surface area is 129 Å². The molecule has 22 heavy (non-hydrogen) atoms. The Morgan fingerprint density at radius 2 is 2.18 bits per heavy atom. The predicted molar refractivity (Wildman–Crippen MR) is 84.8 cm³/mol. The van der Waals surface area contributed by atoms with Crippen molar-refractivity contribution in [1.29, 1.82) is 0 Å². The van der Waals surface area contributed by atoms with Crippen molar-refractivity contribution in [3.63, 3.8) is 0 Å². The molecule has 0 fully saturated rings. The summed E-state index contributed by atoms with van der Waals surface area (Å²) in [6, 6.07) is 2.72. The molecule has 0 unspecified atom stereocenters. The monoisotopic (exact) mass is 303 g/mol. The number of hydrogen-bond acceptors (Lipinski definition) is 3. The molecule has 0 aliphatic rings. The van der Waals surface area contributed by atoms with E-state index in [0.717, 1.165) is 12.4 Å². The van der Waals surface area contributed by atoms with Crippen LogP contribution in [0.3, 0.4) is 0 Å². The van der Waals surface area contributed by atoms with E-state index in [2.05, 4.69) is 27.1 Å². The molecule has 2 aromatic rings. The number of anilines is 1. The predicted octanol–water partition coefficient (Wildman–Crippen LogP) is 1.35. The number of pyridine rings is 1. The number of nitrogens with zero attached hydrogens (tertiary/aromatic N) is 3. The quantitative estimate of drug-likeness (QED) is 0.875. The van der Waals surface area contributed by atoms with Gasteiger partial charge < -0.3 is 19.8 Å². The molecule has 0 bridgehead atoms. The normalized spacial score (nSPS) is 12.0. The molecule has 2 aromatic heterocycles. The lowest BCUT2D eigenvalue weighted by molar-refractivity contribution is 0.250. The van der Waals surface area contributed by atoms with E-state index in [1.165, 1.54) is 10.6 Å². The zero-order valence-electron chi connectivity index (χ0n) is 13.0. The smallest absolute Gasteiger partial charge is 0.319 e. The fraction of sp³-hybridized carbons (Fsp3) is 0.400. The molecule has 2 rings (SSSR count). The summed E-state index contributed by atoms with van der Waals surface area (Å²) in [7, 11) is 1.64. The second kappa shape index (κ2) is 6.93. The molecule has 7 heteroatoms. The summed E-state index contributed by atoms with van der Waals surface area (Å²) in [4.78, 5) is 27.3. The van der Waals surface area contributed by atoms with E-state index in [0.29, 0.717) is 12.2 Å². The minimum atomic E-state index is -0.284. The number of aromatic nitrogens is 3. The van der Waals surface area contributed by atoms with Crippen LogP contribution in [0.2, 0.25) is 0 Å². The van der Waals surface area contributed by atoms with E-state index in [-0.39, 0.29) is 17.5 Å². The topological polar surface area (TPSA) is 81.0 Å². The van der Waals surface area contributed by atoms with E-state index in [9.17, 15) is 9.59 Å². The Hall–Kier alpha value is -2.57. The maximum absolute atomic E-state index is 11.9. The minimum absolute atomic E-state index is 0.115. The van der Waals surface area contributed by atoms with Gasteiger partial charge in [0.1, 0.15) is 5.82 Å². The molecule has 0 aromatic carbocycles. The molecular weight excluding hydrogens is 282 g/mol. The highest BCUT2D eigenvalue weighted by Gasteiger charge is 2.08. The molecular formula is C15H21N5O2. The zero-order chi connectivity index (χ0) is 16.1. The molecule has 0 saturated heterocycles. The molecule has 0 radical (unpaired) electrons. The maximum Gasteiger partial charge on any atom is 0.319 e. The van der Waals surface area contributed by atoms with Crippen molar-refractivity contribution in [3.05, 3.63) is 46.9 Å². The van der Waals surface area contributed by atoms with Crippen LogP contribution >= 0.6 is 0 Å². The third-order valence-electron chi connectivity index (χ3n) is 3.39. The molecule has 0 aliphatic heterocycles. The zero-order valence-corrected chi connectivity index (χ0v) is 13.0. The van der Waals surface area contributed by atoms with Gasteiger partial charge in [-0.15, -0.1) is 0 Å². The third kappa shape index (κ3) is 4.21. The van der Waals surface area contributed by atoms with Gasteiger partial charge >= 0.3 is 6.03 Å². The van der Waals surface area contributed by atoms with Gasteiger partial charge in [-0.3, -0.25) is 4.79 Å². The Morgan fingerprint density at radius 1 is 1.41 bits per heavy atom. The van der Waals surface area contributed by atoms with Gasteiger partial charge in [0.25, 0.3) is 0 Å². The molecule has 1 atom stereocenters. The highest BCUT2D eigenvalue weighted by Crippen LogP contribution is 2.04. The highest BCUT2D eigenvalue weighted by molar-refractivity contribution is 5.88. The van der Waals surface area contributed by atoms with E-state index in [1.807, 2.05) is 13.1 Å². The number of hydrogen-bond donors (Lipinski definition) is 2. The summed E-state index contributed by atoms with van der Waals surface area (Å²) in [5.74, 6) is 1.24. The average molecular weight is 303 g/mol. The van der Waals surface area contributed by atoms with Crippen molar-refractivity contribution in [2.45, 2.75) is 20.4 Å². The Bertz CT molecular complexity index is 704. The fourth-order valence-electron chi connectivity index (χ4n) is 2.11. The van der Waals surface area contributed by atoms with Crippen LogP contribution in [-0.2, 0) is 13.6 Å². The highest BCUT2D eigenvalue weighted by atomic mass is 16.2. The summed E-state index contributed by atoms with van der Waals surface area (Å²) < 4.78 is 3.47. The van der Waals surface area contributed by atoms with E-state index in [1.54, 1.807) is 25.5 Å². The summed E-state index contributed by atoms with van der Waals surface area (Å²) in [6.45, 7) is 5.36. The summed E-state index contributed by atoms with van der Waals surface area (Å²) in [6.07, 6.45) is 5.28. The van der Waals surface area contributed by atoms with Gasteiger partial charge in [-0.2, -0.15) is 0 Å². The number of urea groups is 1. The van der Waals surface area contributed by atoms with Crippen LogP contribution in [0.1, 0.15) is 12.7 Å². The van der Waals surface area contributed by atoms with Crippen molar-refractivity contribution in [1.82, 2.24) is 19.4 Å². The Morgan fingerprint density at radius 3 is 2.82 bits per heavy atom. The van der Waals surface area contributed by atoms with Crippen molar-refractivity contribution in [2.75, 3.05) is 11.9 Å². The van der Waals surface area contributed by atoms with Gasteiger partial charge in [-0.05, 0) is 18.9 Å². The summed E-state index contributed by atoms with van der Waals surface area (Å²) in [5, 5.41) is 5.53. The largest absolute Gasteiger partial charge is 0.338 e. The van der Waals surface area contributed by atoms with Gasteiger partial charge in [0, 0.05) is 44.8 Å². The lowest BCUT2D eigenvalue weighted by Crippen LogP contribution is -2.33. The Balaban J connectivity index is 1.81. The van der Waals surface area contributed by atoms with Crippen molar-refractivity contribution < 1.29 is 4.79 Å². The number of imidazole rings is 1. The molecule has 0 saturated carbocycles. The number of nitrogens with one attached hydrogen (secondary N) is 2. The van der Waals surface area contributed by atoms with Gasteiger partial charge in [-0.25, -0.2) is 9.78 Å². The molecule has 7 nitrogen and oxygen atoms in total. The van der Waals surface area contributed by atoms with Crippen LogP contribution in [0.5, 0.6) is 0 Å². The van der Waals surface area contributed by atoms with Gasteiger partial charge in [0.05, 0.1) is 5.69 Å². The molecule has 2 amide bonds. The SMILES string of the molecule is Cc1nccn1C[C@@H](C)CNC(=O)Nc1ccc(=O)n(C)c1. The standard InChI is InChI=1S/C15H21N5O2/c1-11(9-20-7-6-16-12(20)2)8-17-15(22)18-13-4-5-14(21)19(3)10-13/h4-7,10-11H,8-9H2,1-3H3,(H2,17,18,22)/t11-/m0/s1. The number of carbonyl (C=O) groups excluding carboxylic acids is 1. The van der Waals surface area contributed by atoms with Crippen molar-refractivity contribution in [3.8, 4) is 0 Å². The molecule has 0 spiro atoms. The van der Waals surface area contributed by atoms with Crippen molar-refractivity contribution in [2.24, 2.45) is 13.0 Å². The lowest BCUT2D eigenvalue weighted by Gasteiger charge is -2.15. The minimum Gasteiger partial charge on any atom is -0.338 e. The van der Waals surface area contributed by atoms with E-state index in [4.69, 9.17) is 0 Å². The third-order valence-corrected chi connectivity index (χ3v) is 3.39. The first-order valence-corrected chi connectivity index (χ1v) is 7.15. The van der Waals surface area contributed by atoms with Crippen LogP contribution in [-0.4, -0.2) is 26.7 Å². The molecule has 2 N–H and O–H groups in total. The number of amides is 2. The molecule has 0 aliphatic carbocycles. The maximum atomic E-state index is 11.9. The number of rotatable bonds is 5. The first kappa shape index (κ1) is 15.8. The molecule has 118 valence electrons. The van der Waals surface area contributed by atoms with E-state index >= 15 is 0 Å². The van der Waals surface area contributed by atoms with Gasteiger partial charge in [-0.1, -0.05) is 6.92 Å². The average Bonchev–Trinajstić information content (AvgIpc) is 2.86. The number of carbonyl (C=O) groups is 1. The van der Waals surface area contributed by atoms with Crippen LogP contribution in [0.25, 0.3) is 0 Å². The second-order valence-corrected chi connectivity index (χ2v) is 5.43. The summed E-state index contributed by atoms with van der Waals surface area (Å²) >= 11 is 0. The first-order valence-electron chi connectivity index (χ1n) is 7.15. The first-order chi connectivity index (χ1) is 10.5. The van der Waals surface area contributed by atoms with Crippen molar-refractivity contribution >= 4 is 11.7 Å².